The Morgan fingerprint density at radius 3 is 2.50 bits per heavy atom. The first kappa shape index (κ1) is 13.7. The molecule has 0 aliphatic carbocycles. The number of nitrogens with one attached hydrogen (secondary N) is 1. The van der Waals surface area contributed by atoms with E-state index in [9.17, 15) is 0 Å². The van der Waals surface area contributed by atoms with Crippen molar-refractivity contribution in [1.82, 2.24) is 0 Å². The highest BCUT2D eigenvalue weighted by Gasteiger charge is 1.97. The van der Waals surface area contributed by atoms with Crippen LogP contribution in [0.1, 0.15) is 0 Å². The van der Waals surface area contributed by atoms with E-state index in [1.807, 2.05) is 0 Å². The molecule has 2 aromatic carbocycles. The lowest BCUT2D eigenvalue weighted by atomic mass is 10.1. The standard InChI is InChI=1S/C12H14N2.HNO3/c13-8-9-14-12-7-3-5-10-4-1-2-6-11(10)12;2-1(3)4/h1-7,14H,8-9,13H2;(H,2,3,4). The van der Waals surface area contributed by atoms with E-state index >= 15 is 0 Å². The fraction of sp³-hybridized carbons (Fsp3) is 0.167. The molecule has 0 radical (unpaired) electrons. The van der Waals surface area contributed by atoms with Gasteiger partial charge in [-0.3, -0.25) is 0 Å². The van der Waals surface area contributed by atoms with Crippen LogP contribution in [0, 0.1) is 10.1 Å². The van der Waals surface area contributed by atoms with Crippen molar-refractivity contribution < 1.29 is 10.3 Å². The van der Waals surface area contributed by atoms with E-state index in [0.29, 0.717) is 6.54 Å². The van der Waals surface area contributed by atoms with E-state index in [1.54, 1.807) is 0 Å². The predicted octanol–water partition coefficient (Wildman–Crippen LogP) is 1.86. The summed E-state index contributed by atoms with van der Waals surface area (Å²) in [6.07, 6.45) is 0. The lowest BCUT2D eigenvalue weighted by Gasteiger charge is -2.08. The Hall–Kier alpha value is -2.34. The Balaban J connectivity index is 0.000000357. The molecule has 4 N–H and O–H groups in total. The van der Waals surface area contributed by atoms with Crippen LogP contribution >= 0.6 is 0 Å². The van der Waals surface area contributed by atoms with E-state index in [1.165, 1.54) is 10.8 Å². The second kappa shape index (κ2) is 7.08. The summed E-state index contributed by atoms with van der Waals surface area (Å²) >= 11 is 0. The highest BCUT2D eigenvalue weighted by molar-refractivity contribution is 5.93. The molecule has 0 unspecified atom stereocenters. The number of hydrogen-bond donors (Lipinski definition) is 3. The molecule has 0 aliphatic rings. The van der Waals surface area contributed by atoms with Gasteiger partial charge in [0.2, 0.25) is 0 Å². The SMILES string of the molecule is NCCNc1cccc2ccccc12.O=[N+]([O-])O. The van der Waals surface area contributed by atoms with E-state index in [2.05, 4.69) is 47.8 Å². The number of nitrogens with zero attached hydrogens (tertiary/aromatic N) is 1. The van der Waals surface area contributed by atoms with E-state index in [-0.39, 0.29) is 0 Å². The van der Waals surface area contributed by atoms with Crippen LogP contribution in [0.2, 0.25) is 0 Å². The van der Waals surface area contributed by atoms with Crippen LogP contribution in [-0.2, 0) is 0 Å². The second-order valence-electron chi connectivity index (χ2n) is 3.48. The molecule has 18 heavy (non-hydrogen) atoms. The Kier molecular flexibility index (Phi) is 5.40. The van der Waals surface area contributed by atoms with Crippen LogP contribution in [0.3, 0.4) is 0 Å². The average molecular weight is 249 g/mol. The summed E-state index contributed by atoms with van der Waals surface area (Å²) in [4.78, 5) is 8.36. The number of nitrogens with two attached hydrogens (primary N) is 1. The van der Waals surface area contributed by atoms with Gasteiger partial charge in [-0.05, 0) is 11.5 Å². The summed E-state index contributed by atoms with van der Waals surface area (Å²) in [6, 6.07) is 14.6. The van der Waals surface area contributed by atoms with E-state index in [4.69, 9.17) is 21.1 Å². The van der Waals surface area contributed by atoms with Crippen molar-refractivity contribution >= 4 is 16.5 Å². The topological polar surface area (TPSA) is 101 Å². The lowest BCUT2D eigenvalue weighted by molar-refractivity contribution is -0.742. The van der Waals surface area contributed by atoms with Crippen LogP contribution in [0.5, 0.6) is 0 Å². The van der Waals surface area contributed by atoms with Gasteiger partial charge in [-0.1, -0.05) is 36.4 Å². The summed E-state index contributed by atoms with van der Waals surface area (Å²) in [5.41, 5.74) is 6.62. The fourth-order valence-electron chi connectivity index (χ4n) is 1.59. The molecule has 6 heteroatoms. The number of rotatable bonds is 3. The summed E-state index contributed by atoms with van der Waals surface area (Å²) in [7, 11) is 0. The zero-order chi connectivity index (χ0) is 13.4. The van der Waals surface area contributed by atoms with Gasteiger partial charge in [0.15, 0.2) is 0 Å². The minimum Gasteiger partial charge on any atom is -0.383 e. The smallest absolute Gasteiger partial charge is 0.291 e. The predicted molar refractivity (Wildman–Crippen MR) is 70.3 cm³/mol. The maximum atomic E-state index is 8.36. The van der Waals surface area contributed by atoms with E-state index in [0.717, 1.165) is 12.2 Å². The number of benzene rings is 2. The van der Waals surface area contributed by atoms with Crippen LogP contribution in [0.4, 0.5) is 5.69 Å². The molecule has 0 bridgehead atoms. The molecule has 0 spiro atoms. The third kappa shape index (κ3) is 4.26. The first-order chi connectivity index (χ1) is 8.65. The minimum atomic E-state index is -1.50. The molecule has 0 saturated heterocycles. The van der Waals surface area contributed by atoms with Gasteiger partial charge in [0.25, 0.3) is 5.09 Å². The van der Waals surface area contributed by atoms with Gasteiger partial charge >= 0.3 is 0 Å². The number of fused-ring (bicyclic) bond motifs is 1. The molecule has 0 atom stereocenters. The van der Waals surface area contributed by atoms with Gasteiger partial charge in [0, 0.05) is 24.2 Å². The summed E-state index contributed by atoms with van der Waals surface area (Å²) in [6.45, 7) is 1.47. The minimum absolute atomic E-state index is 0.656. The molecule has 0 amide bonds. The molecular formula is C12H15N3O3. The summed E-state index contributed by atoms with van der Waals surface area (Å²) < 4.78 is 0. The van der Waals surface area contributed by atoms with Crippen LogP contribution < -0.4 is 11.1 Å². The van der Waals surface area contributed by atoms with Crippen molar-refractivity contribution in [3.8, 4) is 0 Å². The van der Waals surface area contributed by atoms with Crippen molar-refractivity contribution in [2.24, 2.45) is 5.73 Å². The normalized spacial score (nSPS) is 9.39. The van der Waals surface area contributed by atoms with Crippen molar-refractivity contribution in [1.29, 1.82) is 0 Å². The Morgan fingerprint density at radius 2 is 1.83 bits per heavy atom. The molecule has 6 nitrogen and oxygen atoms in total. The van der Waals surface area contributed by atoms with Crippen molar-refractivity contribution in [3.63, 3.8) is 0 Å². The molecule has 0 heterocycles. The van der Waals surface area contributed by atoms with Crippen LogP contribution in [0.15, 0.2) is 42.5 Å². The fourth-order valence-corrected chi connectivity index (χ4v) is 1.59. The Bertz CT molecular complexity index is 507. The molecule has 2 rings (SSSR count). The number of anilines is 1. The Morgan fingerprint density at radius 1 is 1.22 bits per heavy atom. The zero-order valence-electron chi connectivity index (χ0n) is 9.74. The molecule has 0 aromatic heterocycles. The maximum absolute atomic E-state index is 8.36. The monoisotopic (exact) mass is 249 g/mol. The van der Waals surface area contributed by atoms with Gasteiger partial charge in [-0.25, -0.2) is 0 Å². The summed E-state index contributed by atoms with van der Waals surface area (Å²) in [5.74, 6) is 0. The van der Waals surface area contributed by atoms with Crippen LogP contribution in [-0.4, -0.2) is 23.4 Å². The largest absolute Gasteiger partial charge is 0.383 e. The van der Waals surface area contributed by atoms with Gasteiger partial charge in [-0.2, -0.15) is 0 Å². The van der Waals surface area contributed by atoms with Crippen molar-refractivity contribution in [2.75, 3.05) is 18.4 Å². The third-order valence-corrected chi connectivity index (χ3v) is 2.25. The number of hydrogen-bond acceptors (Lipinski definition) is 4. The average Bonchev–Trinajstić information content (AvgIpc) is 2.35. The quantitative estimate of drug-likeness (QED) is 0.569. The van der Waals surface area contributed by atoms with E-state index < -0.39 is 5.09 Å². The first-order valence-corrected chi connectivity index (χ1v) is 5.40. The third-order valence-electron chi connectivity index (χ3n) is 2.25. The molecule has 96 valence electrons. The zero-order valence-corrected chi connectivity index (χ0v) is 9.74. The first-order valence-electron chi connectivity index (χ1n) is 5.40. The van der Waals surface area contributed by atoms with Gasteiger partial charge in [-0.15, -0.1) is 10.1 Å². The highest BCUT2D eigenvalue weighted by Crippen LogP contribution is 2.22. The molecule has 0 saturated carbocycles. The maximum Gasteiger partial charge on any atom is 0.291 e. The van der Waals surface area contributed by atoms with Crippen molar-refractivity contribution in [3.05, 3.63) is 52.6 Å². The Labute approximate surface area is 104 Å². The van der Waals surface area contributed by atoms with Gasteiger partial charge in [0.05, 0.1) is 0 Å². The van der Waals surface area contributed by atoms with Crippen LogP contribution in [0.25, 0.3) is 10.8 Å². The van der Waals surface area contributed by atoms with Gasteiger partial charge < -0.3 is 16.3 Å². The molecular weight excluding hydrogens is 234 g/mol. The summed E-state index contributed by atoms with van der Waals surface area (Å²) in [5, 5.41) is 19.5. The lowest BCUT2D eigenvalue weighted by Crippen LogP contribution is -2.13. The van der Waals surface area contributed by atoms with Gasteiger partial charge in [0.1, 0.15) is 0 Å². The highest BCUT2D eigenvalue weighted by atomic mass is 16.9. The molecule has 0 aliphatic heterocycles. The van der Waals surface area contributed by atoms with Crippen molar-refractivity contribution in [2.45, 2.75) is 0 Å². The second-order valence-corrected chi connectivity index (χ2v) is 3.48. The molecule has 2 aromatic rings. The molecule has 0 fully saturated rings.